The van der Waals surface area contributed by atoms with Gasteiger partial charge in [0, 0.05) is 0 Å². The predicted molar refractivity (Wildman–Crippen MR) is 64.0 cm³/mol. The van der Waals surface area contributed by atoms with Gasteiger partial charge in [-0.25, -0.2) is 4.40 Å². The number of anilines is 1. The Balaban J connectivity index is 2.45. The fourth-order valence-corrected chi connectivity index (χ4v) is 2.72. The summed E-state index contributed by atoms with van der Waals surface area (Å²) in [4.78, 5) is 0.791. The highest BCUT2D eigenvalue weighted by Gasteiger charge is 2.13. The third-order valence-corrected chi connectivity index (χ3v) is 3.34. The minimum Gasteiger partial charge on any atom is -0.492 e. The van der Waals surface area contributed by atoms with Crippen LogP contribution in [0, 0.1) is 0 Å². The number of aromatic nitrogens is 3. The molecule has 0 radical (unpaired) electrons. The van der Waals surface area contributed by atoms with Crippen LogP contribution in [0.4, 0.5) is 5.95 Å². The molecule has 2 heterocycles. The van der Waals surface area contributed by atoms with E-state index in [0.29, 0.717) is 12.6 Å². The lowest BCUT2D eigenvalue weighted by atomic mass is 10.3. The number of ether oxygens (including phenoxy) is 1. The minimum atomic E-state index is 0.397. The molecule has 5 nitrogen and oxygen atoms in total. The Morgan fingerprint density at radius 3 is 3.12 bits per heavy atom. The Bertz CT molecular complexity index is 657. The first-order chi connectivity index (χ1) is 7.81. The summed E-state index contributed by atoms with van der Waals surface area (Å²) < 4.78 is 8.51. The Kier molecular flexibility index (Phi) is 1.97. The number of thiazole rings is 1. The maximum absolute atomic E-state index is 5.79. The van der Waals surface area contributed by atoms with Crippen LogP contribution in [-0.4, -0.2) is 21.2 Å². The summed E-state index contributed by atoms with van der Waals surface area (Å²) in [7, 11) is 0. The molecule has 0 saturated carbocycles. The van der Waals surface area contributed by atoms with Gasteiger partial charge in [0.15, 0.2) is 0 Å². The number of para-hydroxylation sites is 1. The molecule has 0 unspecified atom stereocenters. The van der Waals surface area contributed by atoms with Crippen LogP contribution in [0.5, 0.6) is 5.75 Å². The number of benzene rings is 1. The number of hydrogen-bond donors (Lipinski definition) is 1. The lowest BCUT2D eigenvalue weighted by molar-refractivity contribution is 0.343. The normalized spacial score (nSPS) is 11.3. The topological polar surface area (TPSA) is 65.4 Å². The van der Waals surface area contributed by atoms with Crippen molar-refractivity contribution in [2.45, 2.75) is 6.92 Å². The van der Waals surface area contributed by atoms with Crippen molar-refractivity contribution in [3.05, 3.63) is 18.2 Å². The smallest absolute Gasteiger partial charge is 0.227 e. The lowest BCUT2D eigenvalue weighted by Crippen LogP contribution is -1.96. The number of nitrogen functional groups attached to an aromatic ring is 1. The average molecular weight is 234 g/mol. The van der Waals surface area contributed by atoms with Crippen molar-refractivity contribution < 1.29 is 4.74 Å². The standard InChI is InChI=1S/C10H10N4OS/c1-2-15-6-4-3-5-7-8(6)14-9(11)12-13-10(14)16-7/h3-5H,2H2,1H3,(H2,11,12). The van der Waals surface area contributed by atoms with Crippen LogP contribution < -0.4 is 10.5 Å². The van der Waals surface area contributed by atoms with Crippen molar-refractivity contribution >= 4 is 32.5 Å². The van der Waals surface area contributed by atoms with Gasteiger partial charge in [-0.2, -0.15) is 0 Å². The fraction of sp³-hybridized carbons (Fsp3) is 0.200. The molecule has 2 N–H and O–H groups in total. The third-order valence-electron chi connectivity index (χ3n) is 2.35. The first kappa shape index (κ1) is 9.41. The Hall–Kier alpha value is -1.82. The summed E-state index contributed by atoms with van der Waals surface area (Å²) in [5, 5.41) is 7.86. The Labute approximate surface area is 95.5 Å². The largest absolute Gasteiger partial charge is 0.492 e. The van der Waals surface area contributed by atoms with Crippen LogP contribution in [-0.2, 0) is 0 Å². The molecular formula is C10H10N4OS. The molecule has 0 aliphatic carbocycles. The van der Waals surface area contributed by atoms with Gasteiger partial charge in [0.1, 0.15) is 11.3 Å². The first-order valence-electron chi connectivity index (χ1n) is 4.96. The van der Waals surface area contributed by atoms with Crippen molar-refractivity contribution in [2.75, 3.05) is 12.3 Å². The zero-order chi connectivity index (χ0) is 11.1. The highest BCUT2D eigenvalue weighted by molar-refractivity contribution is 7.23. The van der Waals surface area contributed by atoms with E-state index in [2.05, 4.69) is 10.2 Å². The summed E-state index contributed by atoms with van der Waals surface area (Å²) in [6.07, 6.45) is 0. The van der Waals surface area contributed by atoms with E-state index in [4.69, 9.17) is 10.5 Å². The highest BCUT2D eigenvalue weighted by Crippen LogP contribution is 2.33. The quantitative estimate of drug-likeness (QED) is 0.735. The van der Waals surface area contributed by atoms with Crippen molar-refractivity contribution in [3.8, 4) is 5.75 Å². The molecule has 0 amide bonds. The van der Waals surface area contributed by atoms with Crippen molar-refractivity contribution in [2.24, 2.45) is 0 Å². The molecule has 6 heteroatoms. The van der Waals surface area contributed by atoms with Gasteiger partial charge < -0.3 is 10.5 Å². The van der Waals surface area contributed by atoms with Gasteiger partial charge in [0.25, 0.3) is 0 Å². The summed E-state index contributed by atoms with van der Waals surface area (Å²) in [5.74, 6) is 1.21. The number of hydrogen-bond acceptors (Lipinski definition) is 5. The van der Waals surface area contributed by atoms with Gasteiger partial charge >= 0.3 is 0 Å². The second-order valence-corrected chi connectivity index (χ2v) is 4.32. The molecule has 0 aliphatic heterocycles. The van der Waals surface area contributed by atoms with E-state index < -0.39 is 0 Å². The van der Waals surface area contributed by atoms with Gasteiger partial charge in [-0.05, 0) is 19.1 Å². The van der Waals surface area contributed by atoms with Gasteiger partial charge in [-0.3, -0.25) is 0 Å². The monoisotopic (exact) mass is 234 g/mol. The molecule has 16 heavy (non-hydrogen) atoms. The zero-order valence-electron chi connectivity index (χ0n) is 8.67. The maximum atomic E-state index is 5.79. The minimum absolute atomic E-state index is 0.397. The average Bonchev–Trinajstić information content (AvgIpc) is 2.80. The van der Waals surface area contributed by atoms with Crippen LogP contribution >= 0.6 is 11.3 Å². The summed E-state index contributed by atoms with van der Waals surface area (Å²) >= 11 is 1.55. The van der Waals surface area contributed by atoms with E-state index in [9.17, 15) is 0 Å². The highest BCUT2D eigenvalue weighted by atomic mass is 32.1. The predicted octanol–water partition coefficient (Wildman–Crippen LogP) is 1.92. The van der Waals surface area contributed by atoms with Crippen molar-refractivity contribution in [1.29, 1.82) is 0 Å². The SMILES string of the molecule is CCOc1cccc2sc3nnc(N)n3c12. The summed E-state index contributed by atoms with van der Waals surface area (Å²) in [6.45, 7) is 2.58. The number of fused-ring (bicyclic) bond motifs is 3. The molecule has 0 spiro atoms. The number of rotatable bonds is 2. The van der Waals surface area contributed by atoms with E-state index in [1.54, 1.807) is 11.3 Å². The Morgan fingerprint density at radius 2 is 2.31 bits per heavy atom. The number of nitrogens with zero attached hydrogens (tertiary/aromatic N) is 3. The molecular weight excluding hydrogens is 224 g/mol. The van der Waals surface area contributed by atoms with E-state index in [-0.39, 0.29) is 0 Å². The fourth-order valence-electron chi connectivity index (χ4n) is 1.73. The van der Waals surface area contributed by atoms with E-state index in [1.807, 2.05) is 29.5 Å². The van der Waals surface area contributed by atoms with Crippen molar-refractivity contribution in [1.82, 2.24) is 14.6 Å². The summed E-state index contributed by atoms with van der Waals surface area (Å²) in [6, 6.07) is 5.92. The van der Waals surface area contributed by atoms with Crippen LogP contribution in [0.25, 0.3) is 15.2 Å². The second kappa shape index (κ2) is 3.34. The van der Waals surface area contributed by atoms with Crippen LogP contribution in [0.3, 0.4) is 0 Å². The molecule has 0 atom stereocenters. The third kappa shape index (κ3) is 1.16. The second-order valence-electron chi connectivity index (χ2n) is 3.31. The molecule has 1 aromatic carbocycles. The van der Waals surface area contributed by atoms with Crippen molar-refractivity contribution in [3.63, 3.8) is 0 Å². The molecule has 0 bridgehead atoms. The van der Waals surface area contributed by atoms with E-state index in [0.717, 1.165) is 20.9 Å². The number of nitrogens with two attached hydrogens (primary N) is 1. The Morgan fingerprint density at radius 1 is 1.44 bits per heavy atom. The molecule has 0 saturated heterocycles. The molecule has 3 aromatic rings. The lowest BCUT2D eigenvalue weighted by Gasteiger charge is -2.04. The molecule has 2 aromatic heterocycles. The maximum Gasteiger partial charge on any atom is 0.227 e. The van der Waals surface area contributed by atoms with E-state index in [1.165, 1.54) is 0 Å². The first-order valence-corrected chi connectivity index (χ1v) is 5.78. The molecule has 0 fully saturated rings. The molecule has 82 valence electrons. The van der Waals surface area contributed by atoms with Gasteiger partial charge in [-0.1, -0.05) is 17.4 Å². The van der Waals surface area contributed by atoms with Gasteiger partial charge in [0.05, 0.1) is 11.3 Å². The summed E-state index contributed by atoms with van der Waals surface area (Å²) in [5.41, 5.74) is 6.74. The van der Waals surface area contributed by atoms with Crippen LogP contribution in [0.2, 0.25) is 0 Å². The van der Waals surface area contributed by atoms with Gasteiger partial charge in [-0.15, -0.1) is 10.2 Å². The zero-order valence-corrected chi connectivity index (χ0v) is 9.49. The van der Waals surface area contributed by atoms with Crippen LogP contribution in [0.1, 0.15) is 6.92 Å². The van der Waals surface area contributed by atoms with Gasteiger partial charge in [0.2, 0.25) is 10.9 Å². The molecule has 3 rings (SSSR count). The molecule has 0 aliphatic rings. The van der Waals surface area contributed by atoms with Crippen LogP contribution in [0.15, 0.2) is 18.2 Å². The van der Waals surface area contributed by atoms with E-state index >= 15 is 0 Å².